The van der Waals surface area contributed by atoms with Crippen LogP contribution < -0.4 is 9.64 Å². The second kappa shape index (κ2) is 10.2. The molecule has 2 aromatic heterocycles. The molecule has 0 unspecified atom stereocenters. The number of rotatable bonds is 6. The fourth-order valence-corrected chi connectivity index (χ4v) is 4.37. The van der Waals surface area contributed by atoms with E-state index < -0.39 is 0 Å². The Labute approximate surface area is 194 Å². The van der Waals surface area contributed by atoms with Gasteiger partial charge in [-0.15, -0.1) is 0 Å². The predicted octanol–water partition coefficient (Wildman–Crippen LogP) is 3.58. The minimum atomic E-state index is 0.341. The summed E-state index contributed by atoms with van der Waals surface area (Å²) < 4.78 is 11.4. The SMILES string of the molecule is Cc1cc(Oc2ccccc2)nc(C2CCN(Cc3ccnc(N4CCOCC4)n3)CC2)n1. The minimum Gasteiger partial charge on any atom is -0.439 e. The topological polar surface area (TPSA) is 76.5 Å². The van der Waals surface area contributed by atoms with E-state index in [0.29, 0.717) is 11.8 Å². The van der Waals surface area contributed by atoms with Gasteiger partial charge >= 0.3 is 0 Å². The number of morpholine rings is 1. The van der Waals surface area contributed by atoms with Gasteiger partial charge in [-0.3, -0.25) is 4.90 Å². The van der Waals surface area contributed by atoms with Gasteiger partial charge < -0.3 is 14.4 Å². The maximum atomic E-state index is 5.96. The lowest BCUT2D eigenvalue weighted by atomic mass is 9.95. The van der Waals surface area contributed by atoms with Crippen molar-refractivity contribution in [2.45, 2.75) is 32.2 Å². The third-order valence-electron chi connectivity index (χ3n) is 6.15. The molecule has 5 rings (SSSR count). The van der Waals surface area contributed by atoms with Gasteiger partial charge in [0.05, 0.1) is 18.9 Å². The summed E-state index contributed by atoms with van der Waals surface area (Å²) in [7, 11) is 0. The van der Waals surface area contributed by atoms with Crippen LogP contribution in [-0.2, 0) is 11.3 Å². The van der Waals surface area contributed by atoms with Crippen molar-refractivity contribution in [3.05, 3.63) is 65.9 Å². The average molecular weight is 447 g/mol. The van der Waals surface area contributed by atoms with Crippen LogP contribution in [0.5, 0.6) is 11.6 Å². The molecule has 3 aromatic rings. The average Bonchev–Trinajstić information content (AvgIpc) is 2.85. The first-order valence-electron chi connectivity index (χ1n) is 11.7. The molecule has 0 N–H and O–H groups in total. The van der Waals surface area contributed by atoms with Gasteiger partial charge in [-0.25, -0.2) is 15.0 Å². The van der Waals surface area contributed by atoms with Crippen molar-refractivity contribution in [1.29, 1.82) is 0 Å². The molecule has 0 amide bonds. The highest BCUT2D eigenvalue weighted by Crippen LogP contribution is 2.29. The number of hydrogen-bond acceptors (Lipinski definition) is 8. The lowest BCUT2D eigenvalue weighted by Gasteiger charge is -2.31. The van der Waals surface area contributed by atoms with Crippen LogP contribution in [0.2, 0.25) is 0 Å². The molecule has 8 heteroatoms. The Morgan fingerprint density at radius 3 is 2.55 bits per heavy atom. The molecule has 0 bridgehead atoms. The molecule has 0 radical (unpaired) electrons. The number of benzene rings is 1. The van der Waals surface area contributed by atoms with Crippen LogP contribution >= 0.6 is 0 Å². The summed E-state index contributed by atoms with van der Waals surface area (Å²) in [5, 5.41) is 0. The summed E-state index contributed by atoms with van der Waals surface area (Å²) in [5.74, 6) is 3.44. The maximum absolute atomic E-state index is 5.96. The monoisotopic (exact) mass is 446 g/mol. The van der Waals surface area contributed by atoms with Crippen LogP contribution in [0.25, 0.3) is 0 Å². The van der Waals surface area contributed by atoms with Crippen molar-refractivity contribution in [3.8, 4) is 11.6 Å². The van der Waals surface area contributed by atoms with Crippen molar-refractivity contribution in [2.75, 3.05) is 44.3 Å². The van der Waals surface area contributed by atoms with E-state index in [1.807, 2.05) is 55.6 Å². The molecule has 2 fully saturated rings. The summed E-state index contributed by atoms with van der Waals surface area (Å²) in [6.07, 6.45) is 3.92. The van der Waals surface area contributed by atoms with Gasteiger partial charge in [-0.2, -0.15) is 4.98 Å². The lowest BCUT2D eigenvalue weighted by Crippen LogP contribution is -2.37. The molecule has 172 valence electrons. The highest BCUT2D eigenvalue weighted by atomic mass is 16.5. The van der Waals surface area contributed by atoms with Gasteiger partial charge in [0.15, 0.2) is 0 Å². The van der Waals surface area contributed by atoms with Gasteiger partial charge in [0, 0.05) is 43.5 Å². The van der Waals surface area contributed by atoms with Gasteiger partial charge in [0.2, 0.25) is 11.8 Å². The lowest BCUT2D eigenvalue weighted by molar-refractivity contribution is 0.122. The van der Waals surface area contributed by atoms with Crippen LogP contribution in [0.3, 0.4) is 0 Å². The summed E-state index contributed by atoms with van der Waals surface area (Å²) in [6.45, 7) is 7.99. The molecule has 2 aliphatic heterocycles. The van der Waals surface area contributed by atoms with Gasteiger partial charge in [0.25, 0.3) is 0 Å². The van der Waals surface area contributed by atoms with Crippen LogP contribution in [0, 0.1) is 6.92 Å². The van der Waals surface area contributed by atoms with Crippen LogP contribution in [0.15, 0.2) is 48.7 Å². The number of aromatic nitrogens is 4. The quantitative estimate of drug-likeness (QED) is 0.569. The van der Waals surface area contributed by atoms with Crippen molar-refractivity contribution < 1.29 is 9.47 Å². The standard InChI is InChI=1S/C25H30N6O2/c1-19-17-23(33-22-5-3-2-4-6-22)29-24(27-19)20-8-11-30(12-9-20)18-21-7-10-26-25(28-21)31-13-15-32-16-14-31/h2-7,10,17,20H,8-9,11-16,18H2,1H3. The normalized spacial score (nSPS) is 17.8. The number of aryl methyl sites for hydroxylation is 1. The second-order valence-electron chi connectivity index (χ2n) is 8.62. The second-order valence-corrected chi connectivity index (χ2v) is 8.62. The zero-order valence-electron chi connectivity index (χ0n) is 19.1. The van der Waals surface area contributed by atoms with E-state index in [-0.39, 0.29) is 0 Å². The molecular weight excluding hydrogens is 416 g/mol. The molecule has 0 atom stereocenters. The van der Waals surface area contributed by atoms with Crippen molar-refractivity contribution in [1.82, 2.24) is 24.8 Å². The van der Waals surface area contributed by atoms with Crippen molar-refractivity contribution >= 4 is 5.95 Å². The Kier molecular flexibility index (Phi) is 6.73. The van der Waals surface area contributed by atoms with Gasteiger partial charge in [-0.1, -0.05) is 18.2 Å². The fraction of sp³-hybridized carbons (Fsp3) is 0.440. The van der Waals surface area contributed by atoms with Crippen LogP contribution in [-0.4, -0.2) is 64.2 Å². The van der Waals surface area contributed by atoms with Crippen molar-refractivity contribution in [3.63, 3.8) is 0 Å². The summed E-state index contributed by atoms with van der Waals surface area (Å²) in [5.41, 5.74) is 2.00. The van der Waals surface area contributed by atoms with Crippen LogP contribution in [0.4, 0.5) is 5.95 Å². The number of anilines is 1. The molecule has 0 saturated carbocycles. The highest BCUT2D eigenvalue weighted by molar-refractivity contribution is 5.31. The number of hydrogen-bond donors (Lipinski definition) is 0. The molecule has 2 aliphatic rings. The maximum Gasteiger partial charge on any atom is 0.225 e. The number of piperidine rings is 1. The Bertz CT molecular complexity index is 1050. The molecule has 0 spiro atoms. The summed E-state index contributed by atoms with van der Waals surface area (Å²) in [4.78, 5) is 23.4. The molecule has 4 heterocycles. The first-order valence-corrected chi connectivity index (χ1v) is 11.7. The minimum absolute atomic E-state index is 0.341. The third-order valence-corrected chi connectivity index (χ3v) is 6.15. The summed E-state index contributed by atoms with van der Waals surface area (Å²) in [6, 6.07) is 13.7. The fourth-order valence-electron chi connectivity index (χ4n) is 4.37. The Morgan fingerprint density at radius 2 is 1.76 bits per heavy atom. The largest absolute Gasteiger partial charge is 0.439 e. The van der Waals surface area contributed by atoms with Gasteiger partial charge in [-0.05, 0) is 51.1 Å². The summed E-state index contributed by atoms with van der Waals surface area (Å²) >= 11 is 0. The van der Waals surface area contributed by atoms with E-state index in [1.54, 1.807) is 0 Å². The van der Waals surface area contributed by atoms with E-state index in [0.717, 1.165) is 87.7 Å². The Balaban J connectivity index is 1.19. The van der Waals surface area contributed by atoms with E-state index >= 15 is 0 Å². The van der Waals surface area contributed by atoms with E-state index in [9.17, 15) is 0 Å². The smallest absolute Gasteiger partial charge is 0.225 e. The van der Waals surface area contributed by atoms with E-state index in [1.165, 1.54) is 0 Å². The zero-order valence-corrected chi connectivity index (χ0v) is 19.1. The van der Waals surface area contributed by atoms with E-state index in [2.05, 4.69) is 14.8 Å². The molecular formula is C25H30N6O2. The number of ether oxygens (including phenoxy) is 2. The number of likely N-dealkylation sites (tertiary alicyclic amines) is 1. The number of para-hydroxylation sites is 1. The highest BCUT2D eigenvalue weighted by Gasteiger charge is 2.24. The van der Waals surface area contributed by atoms with E-state index in [4.69, 9.17) is 24.4 Å². The molecule has 2 saturated heterocycles. The molecule has 33 heavy (non-hydrogen) atoms. The molecule has 8 nitrogen and oxygen atoms in total. The third kappa shape index (κ3) is 5.64. The first kappa shape index (κ1) is 21.7. The first-order chi connectivity index (χ1) is 16.2. The Morgan fingerprint density at radius 1 is 0.970 bits per heavy atom. The van der Waals surface area contributed by atoms with Gasteiger partial charge in [0.1, 0.15) is 11.6 Å². The number of nitrogens with zero attached hydrogens (tertiary/aromatic N) is 6. The van der Waals surface area contributed by atoms with Crippen LogP contribution in [0.1, 0.15) is 36.0 Å². The van der Waals surface area contributed by atoms with Crippen molar-refractivity contribution in [2.24, 2.45) is 0 Å². The zero-order chi connectivity index (χ0) is 22.5. The molecule has 0 aliphatic carbocycles. The Hall–Kier alpha value is -3.10. The molecule has 1 aromatic carbocycles. The predicted molar refractivity (Wildman–Crippen MR) is 126 cm³/mol.